The predicted octanol–water partition coefficient (Wildman–Crippen LogP) is 3.06. The second-order valence-corrected chi connectivity index (χ2v) is 7.79. The van der Waals surface area contributed by atoms with Crippen molar-refractivity contribution in [1.29, 1.82) is 0 Å². The van der Waals surface area contributed by atoms with E-state index in [0.29, 0.717) is 5.41 Å². The van der Waals surface area contributed by atoms with Crippen LogP contribution in [0.15, 0.2) is 0 Å². The molecule has 0 aliphatic carbocycles. The van der Waals surface area contributed by atoms with Crippen molar-refractivity contribution in [3.05, 3.63) is 0 Å². The van der Waals surface area contributed by atoms with Crippen LogP contribution in [-0.4, -0.2) is 62.2 Å². The fourth-order valence-corrected chi connectivity index (χ4v) is 2.27. The van der Waals surface area contributed by atoms with Gasteiger partial charge < -0.3 is 15.1 Å². The standard InChI is InChI=1S/C17H39N3/c1-9-17(6,14-18-16(3,4)5)15-20(10-2)13-11-12-19(7)8/h18H,9-15H2,1-8H3. The SMILES string of the molecule is CCN(CCCN(C)C)CC(C)(CC)CNC(C)(C)C. The summed E-state index contributed by atoms with van der Waals surface area (Å²) < 4.78 is 0. The van der Waals surface area contributed by atoms with Gasteiger partial charge in [-0.15, -0.1) is 0 Å². The Balaban J connectivity index is 4.33. The zero-order valence-corrected chi connectivity index (χ0v) is 15.3. The van der Waals surface area contributed by atoms with Gasteiger partial charge in [0.2, 0.25) is 0 Å². The van der Waals surface area contributed by atoms with Crippen molar-refractivity contribution in [3.8, 4) is 0 Å². The van der Waals surface area contributed by atoms with E-state index in [-0.39, 0.29) is 5.54 Å². The van der Waals surface area contributed by atoms with Gasteiger partial charge in [0.15, 0.2) is 0 Å². The molecular weight excluding hydrogens is 246 g/mol. The van der Waals surface area contributed by atoms with Crippen molar-refractivity contribution in [2.24, 2.45) is 5.41 Å². The van der Waals surface area contributed by atoms with Gasteiger partial charge in [0.1, 0.15) is 0 Å². The van der Waals surface area contributed by atoms with E-state index >= 15 is 0 Å². The van der Waals surface area contributed by atoms with Gasteiger partial charge in [0.25, 0.3) is 0 Å². The van der Waals surface area contributed by atoms with Crippen LogP contribution in [0.1, 0.15) is 54.4 Å². The smallest absolute Gasteiger partial charge is 0.00967 e. The third-order valence-electron chi connectivity index (χ3n) is 4.03. The highest BCUT2D eigenvalue weighted by Gasteiger charge is 2.26. The molecule has 0 spiro atoms. The first-order chi connectivity index (χ1) is 9.12. The highest BCUT2D eigenvalue weighted by Crippen LogP contribution is 2.23. The lowest BCUT2D eigenvalue weighted by Crippen LogP contribution is -2.47. The molecule has 0 aliphatic rings. The molecule has 1 atom stereocenters. The predicted molar refractivity (Wildman–Crippen MR) is 91.4 cm³/mol. The van der Waals surface area contributed by atoms with E-state index in [9.17, 15) is 0 Å². The van der Waals surface area contributed by atoms with E-state index in [1.807, 2.05) is 0 Å². The molecule has 1 N–H and O–H groups in total. The van der Waals surface area contributed by atoms with E-state index in [0.717, 1.165) is 13.1 Å². The molecule has 3 heteroatoms. The fourth-order valence-electron chi connectivity index (χ4n) is 2.27. The summed E-state index contributed by atoms with van der Waals surface area (Å²) >= 11 is 0. The lowest BCUT2D eigenvalue weighted by Gasteiger charge is -2.37. The third kappa shape index (κ3) is 9.73. The van der Waals surface area contributed by atoms with E-state index in [1.54, 1.807) is 0 Å². The molecule has 20 heavy (non-hydrogen) atoms. The molecule has 0 radical (unpaired) electrons. The van der Waals surface area contributed by atoms with Crippen LogP contribution in [0.3, 0.4) is 0 Å². The van der Waals surface area contributed by atoms with Gasteiger partial charge in [0.05, 0.1) is 0 Å². The van der Waals surface area contributed by atoms with Crippen molar-refractivity contribution in [2.45, 2.75) is 59.9 Å². The van der Waals surface area contributed by atoms with Crippen LogP contribution in [0.2, 0.25) is 0 Å². The maximum atomic E-state index is 3.68. The van der Waals surface area contributed by atoms with Crippen LogP contribution in [0, 0.1) is 5.41 Å². The fraction of sp³-hybridized carbons (Fsp3) is 1.00. The largest absolute Gasteiger partial charge is 0.311 e. The van der Waals surface area contributed by atoms with E-state index in [2.05, 4.69) is 70.8 Å². The maximum Gasteiger partial charge on any atom is 0.00967 e. The van der Waals surface area contributed by atoms with Crippen molar-refractivity contribution in [3.63, 3.8) is 0 Å². The molecule has 0 rings (SSSR count). The number of nitrogens with zero attached hydrogens (tertiary/aromatic N) is 2. The van der Waals surface area contributed by atoms with Gasteiger partial charge in [-0.25, -0.2) is 0 Å². The van der Waals surface area contributed by atoms with Gasteiger partial charge in [-0.2, -0.15) is 0 Å². The maximum absolute atomic E-state index is 3.68. The van der Waals surface area contributed by atoms with Gasteiger partial charge in [-0.1, -0.05) is 20.8 Å². The summed E-state index contributed by atoms with van der Waals surface area (Å²) in [5, 5.41) is 3.68. The number of hydrogen-bond acceptors (Lipinski definition) is 3. The Morgan fingerprint density at radius 1 is 0.950 bits per heavy atom. The first-order valence-electron chi connectivity index (χ1n) is 8.24. The average molecular weight is 286 g/mol. The van der Waals surface area contributed by atoms with Crippen molar-refractivity contribution >= 4 is 0 Å². The molecule has 0 amide bonds. The lowest BCUT2D eigenvalue weighted by atomic mass is 9.85. The molecule has 0 aliphatic heterocycles. The van der Waals surface area contributed by atoms with E-state index in [4.69, 9.17) is 0 Å². The summed E-state index contributed by atoms with van der Waals surface area (Å²) in [6.07, 6.45) is 2.48. The Morgan fingerprint density at radius 3 is 1.95 bits per heavy atom. The summed E-state index contributed by atoms with van der Waals surface area (Å²) in [4.78, 5) is 4.88. The zero-order chi connectivity index (χ0) is 15.8. The van der Waals surface area contributed by atoms with Crippen LogP contribution in [-0.2, 0) is 0 Å². The molecule has 0 aromatic rings. The molecule has 0 bridgehead atoms. The summed E-state index contributed by atoms with van der Waals surface area (Å²) in [5.74, 6) is 0. The normalized spacial score (nSPS) is 15.9. The van der Waals surface area contributed by atoms with Crippen molar-refractivity contribution in [1.82, 2.24) is 15.1 Å². The van der Waals surface area contributed by atoms with Crippen LogP contribution in [0.25, 0.3) is 0 Å². The molecule has 0 fully saturated rings. The highest BCUT2D eigenvalue weighted by molar-refractivity contribution is 4.83. The Kier molecular flexibility index (Phi) is 8.96. The van der Waals surface area contributed by atoms with Crippen LogP contribution in [0.4, 0.5) is 0 Å². The van der Waals surface area contributed by atoms with E-state index < -0.39 is 0 Å². The quantitative estimate of drug-likeness (QED) is 0.665. The average Bonchev–Trinajstić information content (AvgIpc) is 2.34. The van der Waals surface area contributed by atoms with Gasteiger partial charge >= 0.3 is 0 Å². The molecule has 0 heterocycles. The zero-order valence-electron chi connectivity index (χ0n) is 15.3. The molecule has 3 nitrogen and oxygen atoms in total. The molecular formula is C17H39N3. The summed E-state index contributed by atoms with van der Waals surface area (Å²) in [7, 11) is 4.30. The highest BCUT2D eigenvalue weighted by atomic mass is 15.1. The molecule has 0 aromatic carbocycles. The number of rotatable bonds is 10. The monoisotopic (exact) mass is 285 g/mol. The van der Waals surface area contributed by atoms with Gasteiger partial charge in [-0.3, -0.25) is 0 Å². The molecule has 122 valence electrons. The molecule has 1 unspecified atom stereocenters. The van der Waals surface area contributed by atoms with Gasteiger partial charge in [-0.05, 0) is 72.8 Å². The summed E-state index contributed by atoms with van der Waals surface area (Å²) in [5.41, 5.74) is 0.569. The van der Waals surface area contributed by atoms with Crippen LogP contribution < -0.4 is 5.32 Å². The molecule has 0 aromatic heterocycles. The van der Waals surface area contributed by atoms with Crippen molar-refractivity contribution in [2.75, 3.05) is 46.8 Å². The second kappa shape index (κ2) is 9.01. The summed E-state index contributed by atoms with van der Waals surface area (Å²) in [6, 6.07) is 0. The van der Waals surface area contributed by atoms with E-state index in [1.165, 1.54) is 32.5 Å². The van der Waals surface area contributed by atoms with Crippen molar-refractivity contribution < 1.29 is 0 Å². The minimum atomic E-state index is 0.207. The molecule has 0 saturated heterocycles. The first-order valence-corrected chi connectivity index (χ1v) is 8.24. The number of nitrogens with one attached hydrogen (secondary N) is 1. The summed E-state index contributed by atoms with van der Waals surface area (Å²) in [6.45, 7) is 19.6. The van der Waals surface area contributed by atoms with Crippen LogP contribution in [0.5, 0.6) is 0 Å². The minimum absolute atomic E-state index is 0.207. The first kappa shape index (κ1) is 19.9. The Morgan fingerprint density at radius 2 is 1.55 bits per heavy atom. The minimum Gasteiger partial charge on any atom is -0.311 e. The third-order valence-corrected chi connectivity index (χ3v) is 4.03. The second-order valence-electron chi connectivity index (χ2n) is 7.79. The van der Waals surface area contributed by atoms with Crippen LogP contribution >= 0.6 is 0 Å². The lowest BCUT2D eigenvalue weighted by molar-refractivity contribution is 0.147. The van der Waals surface area contributed by atoms with Gasteiger partial charge in [0, 0.05) is 18.6 Å². The Hall–Kier alpha value is -0.120. The Bertz CT molecular complexity index is 245. The topological polar surface area (TPSA) is 18.5 Å². The Labute approximate surface area is 128 Å². The number of hydrogen-bond donors (Lipinski definition) is 1. The molecule has 0 saturated carbocycles.